The Kier molecular flexibility index (Phi) is 5.81. The van der Waals surface area contributed by atoms with Gasteiger partial charge in [-0.15, -0.1) is 0 Å². The number of aryl methyl sites for hydroxylation is 1. The zero-order valence-corrected chi connectivity index (χ0v) is 16.1. The van der Waals surface area contributed by atoms with Gasteiger partial charge in [-0.1, -0.05) is 24.8 Å². The molecule has 1 aliphatic rings. The summed E-state index contributed by atoms with van der Waals surface area (Å²) >= 11 is 0. The Morgan fingerprint density at radius 2 is 1.96 bits per heavy atom. The van der Waals surface area contributed by atoms with Crippen LogP contribution >= 0.6 is 0 Å². The van der Waals surface area contributed by atoms with Crippen molar-refractivity contribution in [3.63, 3.8) is 0 Å². The van der Waals surface area contributed by atoms with Gasteiger partial charge in [0.2, 0.25) is 0 Å². The molecule has 2 aromatic rings. The van der Waals surface area contributed by atoms with E-state index in [9.17, 15) is 4.79 Å². The molecular formula is C22H25NO4. The molecule has 142 valence electrons. The molecule has 1 aliphatic heterocycles. The van der Waals surface area contributed by atoms with Gasteiger partial charge in [-0.3, -0.25) is 4.79 Å². The molecule has 0 bridgehead atoms. The lowest BCUT2D eigenvalue weighted by molar-refractivity contribution is 0.0500. The van der Waals surface area contributed by atoms with Crippen molar-refractivity contribution in [3.05, 3.63) is 64.7 Å². The first-order valence-corrected chi connectivity index (χ1v) is 8.92. The molecule has 0 aromatic heterocycles. The first-order valence-electron chi connectivity index (χ1n) is 8.92. The van der Waals surface area contributed by atoms with Crippen LogP contribution in [0.2, 0.25) is 0 Å². The van der Waals surface area contributed by atoms with Crippen molar-refractivity contribution in [2.75, 3.05) is 27.6 Å². The van der Waals surface area contributed by atoms with Crippen LogP contribution < -0.4 is 9.47 Å². The number of hydrogen-bond donors (Lipinski definition) is 0. The van der Waals surface area contributed by atoms with E-state index in [-0.39, 0.29) is 12.7 Å². The number of fused-ring (bicyclic) bond motifs is 1. The second-order valence-electron chi connectivity index (χ2n) is 6.54. The summed E-state index contributed by atoms with van der Waals surface area (Å²) in [5, 5.41) is 0. The third-order valence-corrected chi connectivity index (χ3v) is 4.85. The van der Waals surface area contributed by atoms with Gasteiger partial charge in [0.15, 0.2) is 6.79 Å². The first kappa shape index (κ1) is 19.0. The molecule has 2 aromatic carbocycles. The van der Waals surface area contributed by atoms with E-state index in [4.69, 9.17) is 14.2 Å². The predicted molar refractivity (Wildman–Crippen MR) is 105 cm³/mol. The third-order valence-electron chi connectivity index (χ3n) is 4.85. The number of ether oxygens (including phenoxy) is 3. The summed E-state index contributed by atoms with van der Waals surface area (Å²) in [6.07, 6.45) is 2.55. The van der Waals surface area contributed by atoms with Crippen LogP contribution in [0.3, 0.4) is 0 Å². The minimum absolute atomic E-state index is 0.0412. The molecule has 0 saturated carbocycles. The van der Waals surface area contributed by atoms with E-state index in [0.29, 0.717) is 24.4 Å². The molecule has 0 spiro atoms. The third kappa shape index (κ3) is 3.83. The molecule has 0 unspecified atom stereocenters. The van der Waals surface area contributed by atoms with Gasteiger partial charge in [-0.25, -0.2) is 0 Å². The SMILES string of the molecule is C=Cc1c(C)cc2c(c1OCOC)CN(CCc1ccc(OC)cc1)C2=O. The highest BCUT2D eigenvalue weighted by Gasteiger charge is 2.31. The summed E-state index contributed by atoms with van der Waals surface area (Å²) in [6, 6.07) is 9.86. The van der Waals surface area contributed by atoms with Crippen LogP contribution in [0, 0.1) is 6.92 Å². The average molecular weight is 367 g/mol. The van der Waals surface area contributed by atoms with Crippen LogP contribution in [0.4, 0.5) is 0 Å². The fraction of sp³-hybridized carbons (Fsp3) is 0.318. The summed E-state index contributed by atoms with van der Waals surface area (Å²) in [6.45, 7) is 7.16. The Morgan fingerprint density at radius 3 is 2.59 bits per heavy atom. The van der Waals surface area contributed by atoms with Gasteiger partial charge in [-0.05, 0) is 42.7 Å². The van der Waals surface area contributed by atoms with Crippen LogP contribution in [-0.2, 0) is 17.7 Å². The number of hydrogen-bond acceptors (Lipinski definition) is 4. The lowest BCUT2D eigenvalue weighted by atomic mass is 9.99. The molecule has 5 heteroatoms. The Balaban J connectivity index is 1.80. The van der Waals surface area contributed by atoms with Crippen molar-refractivity contribution in [2.45, 2.75) is 19.9 Å². The highest BCUT2D eigenvalue weighted by atomic mass is 16.7. The van der Waals surface area contributed by atoms with E-state index >= 15 is 0 Å². The van der Waals surface area contributed by atoms with Crippen molar-refractivity contribution >= 4 is 12.0 Å². The zero-order chi connectivity index (χ0) is 19.4. The maximum Gasteiger partial charge on any atom is 0.254 e. The number of benzene rings is 2. The van der Waals surface area contributed by atoms with E-state index in [1.54, 1.807) is 20.3 Å². The molecule has 0 radical (unpaired) electrons. The topological polar surface area (TPSA) is 48.0 Å². The number of amides is 1. The van der Waals surface area contributed by atoms with Crippen LogP contribution in [-0.4, -0.2) is 38.4 Å². The number of carbonyl (C=O) groups excluding carboxylic acids is 1. The quantitative estimate of drug-likeness (QED) is 0.666. The minimum atomic E-state index is 0.0412. The Hall–Kier alpha value is -2.79. The highest BCUT2D eigenvalue weighted by Crippen LogP contribution is 2.37. The average Bonchev–Trinajstić information content (AvgIpc) is 3.00. The number of rotatable bonds is 8. The Labute approximate surface area is 160 Å². The van der Waals surface area contributed by atoms with Crippen LogP contribution in [0.15, 0.2) is 36.9 Å². The molecule has 3 rings (SSSR count). The highest BCUT2D eigenvalue weighted by molar-refractivity contribution is 6.00. The summed E-state index contributed by atoms with van der Waals surface area (Å²) in [5.41, 5.74) is 4.67. The normalized spacial score (nSPS) is 12.9. The lowest BCUT2D eigenvalue weighted by Gasteiger charge is -2.16. The second-order valence-corrected chi connectivity index (χ2v) is 6.54. The Morgan fingerprint density at radius 1 is 1.22 bits per heavy atom. The molecule has 1 amide bonds. The van der Waals surface area contributed by atoms with Gasteiger partial charge >= 0.3 is 0 Å². The van der Waals surface area contributed by atoms with E-state index in [0.717, 1.165) is 28.9 Å². The van der Waals surface area contributed by atoms with Crippen molar-refractivity contribution < 1.29 is 19.0 Å². The van der Waals surface area contributed by atoms with E-state index in [1.165, 1.54) is 5.56 Å². The van der Waals surface area contributed by atoms with Crippen molar-refractivity contribution in [1.82, 2.24) is 4.90 Å². The van der Waals surface area contributed by atoms with Gasteiger partial charge in [0.1, 0.15) is 11.5 Å². The molecule has 1 heterocycles. The van der Waals surface area contributed by atoms with Crippen molar-refractivity contribution in [3.8, 4) is 11.5 Å². The van der Waals surface area contributed by atoms with Gasteiger partial charge in [0.05, 0.1) is 13.7 Å². The summed E-state index contributed by atoms with van der Waals surface area (Å²) < 4.78 is 16.0. The number of nitrogens with zero attached hydrogens (tertiary/aromatic N) is 1. The van der Waals surface area contributed by atoms with Crippen LogP contribution in [0.1, 0.15) is 32.6 Å². The fourth-order valence-corrected chi connectivity index (χ4v) is 3.40. The summed E-state index contributed by atoms with van der Waals surface area (Å²) in [5.74, 6) is 1.57. The summed E-state index contributed by atoms with van der Waals surface area (Å²) in [4.78, 5) is 14.8. The second kappa shape index (κ2) is 8.27. The monoisotopic (exact) mass is 367 g/mol. The molecule has 5 nitrogen and oxygen atoms in total. The van der Waals surface area contributed by atoms with Crippen molar-refractivity contribution in [1.29, 1.82) is 0 Å². The van der Waals surface area contributed by atoms with Gasteiger partial charge in [0, 0.05) is 30.3 Å². The molecule has 0 saturated heterocycles. The molecular weight excluding hydrogens is 342 g/mol. The molecule has 27 heavy (non-hydrogen) atoms. The largest absolute Gasteiger partial charge is 0.497 e. The lowest BCUT2D eigenvalue weighted by Crippen LogP contribution is -2.26. The van der Waals surface area contributed by atoms with Gasteiger partial charge in [0.25, 0.3) is 5.91 Å². The fourth-order valence-electron chi connectivity index (χ4n) is 3.40. The molecule has 0 atom stereocenters. The van der Waals surface area contributed by atoms with E-state index < -0.39 is 0 Å². The van der Waals surface area contributed by atoms with Gasteiger partial charge in [-0.2, -0.15) is 0 Å². The smallest absolute Gasteiger partial charge is 0.254 e. The summed E-state index contributed by atoms with van der Waals surface area (Å²) in [7, 11) is 3.23. The predicted octanol–water partition coefficient (Wildman–Crippen LogP) is 3.83. The van der Waals surface area contributed by atoms with Crippen LogP contribution in [0.25, 0.3) is 6.08 Å². The van der Waals surface area contributed by atoms with E-state index in [1.807, 2.05) is 42.2 Å². The Bertz CT molecular complexity index is 842. The van der Waals surface area contributed by atoms with Crippen LogP contribution in [0.5, 0.6) is 11.5 Å². The maximum absolute atomic E-state index is 12.9. The molecule has 0 fully saturated rings. The van der Waals surface area contributed by atoms with Crippen molar-refractivity contribution in [2.24, 2.45) is 0 Å². The number of methoxy groups -OCH3 is 2. The standard InChI is InChI=1S/C22H25NO4/c1-5-18-15(2)12-19-20(21(18)27-14-25-3)13-23(22(19)24)11-10-16-6-8-17(26-4)9-7-16/h5-9,12H,1,10-11,13-14H2,2-4H3. The minimum Gasteiger partial charge on any atom is -0.497 e. The molecule has 0 aliphatic carbocycles. The molecule has 0 N–H and O–H groups in total. The van der Waals surface area contributed by atoms with Gasteiger partial charge < -0.3 is 19.1 Å². The van der Waals surface area contributed by atoms with E-state index in [2.05, 4.69) is 6.58 Å². The zero-order valence-electron chi connectivity index (χ0n) is 16.1. The maximum atomic E-state index is 12.9. The number of carbonyl (C=O) groups is 1. The first-order chi connectivity index (χ1) is 13.1.